The predicted molar refractivity (Wildman–Crippen MR) is 105 cm³/mol. The Bertz CT molecular complexity index is 1080. The van der Waals surface area contributed by atoms with Crippen LogP contribution in [-0.2, 0) is 19.3 Å². The Balaban J connectivity index is 1.50. The van der Waals surface area contributed by atoms with Gasteiger partial charge in [0.1, 0.15) is 12.4 Å². The highest BCUT2D eigenvalue weighted by Crippen LogP contribution is 2.33. The largest absolute Gasteiger partial charge is 0.489 e. The van der Waals surface area contributed by atoms with Crippen LogP contribution in [-0.4, -0.2) is 27.5 Å². The van der Waals surface area contributed by atoms with E-state index in [1.165, 1.54) is 6.07 Å². The van der Waals surface area contributed by atoms with Crippen LogP contribution >= 0.6 is 0 Å². The van der Waals surface area contributed by atoms with E-state index in [4.69, 9.17) is 4.74 Å². The third-order valence-electron chi connectivity index (χ3n) is 5.03. The maximum Gasteiger partial charge on any atom is 0.416 e. The number of aromatic amines is 1. The minimum atomic E-state index is -4.42. The Morgan fingerprint density at radius 3 is 2.80 bits per heavy atom. The second-order valence-corrected chi connectivity index (χ2v) is 7.17. The average molecular weight is 415 g/mol. The van der Waals surface area contributed by atoms with Gasteiger partial charge in [0.05, 0.1) is 11.3 Å². The van der Waals surface area contributed by atoms with Crippen molar-refractivity contribution < 1.29 is 22.7 Å². The maximum absolute atomic E-state index is 13.0. The van der Waals surface area contributed by atoms with E-state index in [1.807, 2.05) is 13.0 Å². The summed E-state index contributed by atoms with van der Waals surface area (Å²) < 4.78 is 44.9. The Kier molecular flexibility index (Phi) is 5.24. The molecule has 8 heteroatoms. The number of ether oxygens (including phenoxy) is 1. The monoisotopic (exact) mass is 415 g/mol. The van der Waals surface area contributed by atoms with Crippen molar-refractivity contribution in [3.8, 4) is 17.0 Å². The second-order valence-electron chi connectivity index (χ2n) is 7.17. The van der Waals surface area contributed by atoms with E-state index in [0.717, 1.165) is 24.1 Å². The highest BCUT2D eigenvalue weighted by atomic mass is 19.4. The SMILES string of the molecule is CCCN1Cc2cc(OCc3c[nH]nc3-c3cccc(C(F)(F)F)c3)ccc2C1=O. The normalized spacial score (nSPS) is 13.6. The van der Waals surface area contributed by atoms with Crippen molar-refractivity contribution in [1.29, 1.82) is 0 Å². The molecule has 0 atom stereocenters. The summed E-state index contributed by atoms with van der Waals surface area (Å²) in [5.74, 6) is 0.621. The lowest BCUT2D eigenvalue weighted by atomic mass is 10.1. The molecule has 156 valence electrons. The number of hydrogen-bond donors (Lipinski definition) is 1. The van der Waals surface area contributed by atoms with Crippen LogP contribution in [0.25, 0.3) is 11.3 Å². The minimum absolute atomic E-state index is 0.0278. The number of H-pyrrole nitrogens is 1. The summed E-state index contributed by atoms with van der Waals surface area (Å²) in [6.07, 6.45) is -1.92. The molecule has 2 aromatic carbocycles. The highest BCUT2D eigenvalue weighted by molar-refractivity contribution is 5.98. The first kappa shape index (κ1) is 20.0. The van der Waals surface area contributed by atoms with Crippen LogP contribution in [0.2, 0.25) is 0 Å². The van der Waals surface area contributed by atoms with Crippen molar-refractivity contribution in [3.63, 3.8) is 0 Å². The van der Waals surface area contributed by atoms with Gasteiger partial charge in [0.25, 0.3) is 5.91 Å². The van der Waals surface area contributed by atoms with Gasteiger partial charge in [-0.1, -0.05) is 19.1 Å². The lowest BCUT2D eigenvalue weighted by Crippen LogP contribution is -2.24. The molecule has 5 nitrogen and oxygen atoms in total. The number of aromatic nitrogens is 2. The molecule has 0 saturated carbocycles. The molecule has 0 saturated heterocycles. The van der Waals surface area contributed by atoms with Crippen molar-refractivity contribution in [1.82, 2.24) is 15.1 Å². The smallest absolute Gasteiger partial charge is 0.416 e. The predicted octanol–water partition coefficient (Wildman–Crippen LogP) is 5.04. The van der Waals surface area contributed by atoms with Crippen LogP contribution in [0.5, 0.6) is 5.75 Å². The van der Waals surface area contributed by atoms with Gasteiger partial charge in [0, 0.05) is 36.0 Å². The first-order valence-electron chi connectivity index (χ1n) is 9.62. The topological polar surface area (TPSA) is 58.2 Å². The van der Waals surface area contributed by atoms with Gasteiger partial charge in [-0.05, 0) is 42.3 Å². The fraction of sp³-hybridized carbons (Fsp3) is 0.273. The van der Waals surface area contributed by atoms with Crippen molar-refractivity contribution >= 4 is 5.91 Å². The van der Waals surface area contributed by atoms with Crippen LogP contribution < -0.4 is 4.74 Å². The number of carbonyl (C=O) groups is 1. The molecule has 30 heavy (non-hydrogen) atoms. The molecular weight excluding hydrogens is 395 g/mol. The first-order chi connectivity index (χ1) is 14.4. The average Bonchev–Trinajstić information content (AvgIpc) is 3.31. The molecule has 3 aromatic rings. The van der Waals surface area contributed by atoms with Gasteiger partial charge in [-0.2, -0.15) is 18.3 Å². The molecule has 0 spiro atoms. The van der Waals surface area contributed by atoms with E-state index in [9.17, 15) is 18.0 Å². The molecular formula is C22H20F3N3O2. The van der Waals surface area contributed by atoms with Crippen molar-refractivity contribution in [2.45, 2.75) is 32.7 Å². The summed E-state index contributed by atoms with van der Waals surface area (Å²) in [4.78, 5) is 14.1. The number of benzene rings is 2. The van der Waals surface area contributed by atoms with Crippen molar-refractivity contribution in [2.24, 2.45) is 0 Å². The summed E-state index contributed by atoms with van der Waals surface area (Å²) in [5.41, 5.74) is 2.28. The summed E-state index contributed by atoms with van der Waals surface area (Å²) >= 11 is 0. The molecule has 0 fully saturated rings. The zero-order chi connectivity index (χ0) is 21.3. The number of alkyl halides is 3. The molecule has 1 amide bonds. The molecule has 0 unspecified atom stereocenters. The number of carbonyl (C=O) groups excluding carboxylic acids is 1. The number of fused-ring (bicyclic) bond motifs is 1. The van der Waals surface area contributed by atoms with Gasteiger partial charge < -0.3 is 9.64 Å². The van der Waals surface area contributed by atoms with E-state index >= 15 is 0 Å². The van der Waals surface area contributed by atoms with Crippen LogP contribution in [0.3, 0.4) is 0 Å². The number of hydrogen-bond acceptors (Lipinski definition) is 3. The molecule has 1 aliphatic rings. The molecule has 0 radical (unpaired) electrons. The minimum Gasteiger partial charge on any atom is -0.489 e. The number of rotatable bonds is 6. The zero-order valence-corrected chi connectivity index (χ0v) is 16.3. The molecule has 4 rings (SSSR count). The van der Waals surface area contributed by atoms with E-state index < -0.39 is 11.7 Å². The lowest BCUT2D eigenvalue weighted by molar-refractivity contribution is -0.137. The zero-order valence-electron chi connectivity index (χ0n) is 16.3. The number of halogens is 3. The molecule has 1 aromatic heterocycles. The third-order valence-corrected chi connectivity index (χ3v) is 5.03. The maximum atomic E-state index is 13.0. The van der Waals surface area contributed by atoms with E-state index in [0.29, 0.717) is 41.2 Å². The summed E-state index contributed by atoms with van der Waals surface area (Å²) in [5, 5.41) is 6.79. The quantitative estimate of drug-likeness (QED) is 0.614. The van der Waals surface area contributed by atoms with Crippen LogP contribution in [0.1, 0.15) is 40.4 Å². The molecule has 0 bridgehead atoms. The van der Waals surface area contributed by atoms with E-state index in [-0.39, 0.29) is 12.5 Å². The van der Waals surface area contributed by atoms with Gasteiger partial charge in [-0.15, -0.1) is 0 Å². The van der Waals surface area contributed by atoms with E-state index in [1.54, 1.807) is 29.3 Å². The molecule has 0 aliphatic carbocycles. The second kappa shape index (κ2) is 7.85. The fourth-order valence-corrected chi connectivity index (χ4v) is 3.58. The summed E-state index contributed by atoms with van der Waals surface area (Å²) in [6.45, 7) is 3.42. The van der Waals surface area contributed by atoms with Gasteiger partial charge in [-0.3, -0.25) is 9.89 Å². The fourth-order valence-electron chi connectivity index (χ4n) is 3.58. The number of nitrogens with zero attached hydrogens (tertiary/aromatic N) is 2. The van der Waals surface area contributed by atoms with E-state index in [2.05, 4.69) is 10.2 Å². The van der Waals surface area contributed by atoms with Gasteiger partial charge in [0.2, 0.25) is 0 Å². The first-order valence-corrected chi connectivity index (χ1v) is 9.62. The molecule has 1 N–H and O–H groups in total. The van der Waals surface area contributed by atoms with Crippen molar-refractivity contribution in [2.75, 3.05) is 6.54 Å². The Hall–Kier alpha value is -3.29. The third kappa shape index (κ3) is 3.90. The lowest BCUT2D eigenvalue weighted by Gasteiger charge is -2.13. The number of nitrogens with one attached hydrogen (secondary N) is 1. The van der Waals surface area contributed by atoms with Gasteiger partial charge in [-0.25, -0.2) is 0 Å². The Morgan fingerprint density at radius 2 is 2.03 bits per heavy atom. The van der Waals surface area contributed by atoms with Crippen LogP contribution in [0.4, 0.5) is 13.2 Å². The highest BCUT2D eigenvalue weighted by Gasteiger charge is 2.31. The molecule has 2 heterocycles. The van der Waals surface area contributed by atoms with Crippen LogP contribution in [0.15, 0.2) is 48.7 Å². The summed E-state index contributed by atoms with van der Waals surface area (Å²) in [6, 6.07) is 10.4. The van der Waals surface area contributed by atoms with Crippen LogP contribution in [0, 0.1) is 0 Å². The standard InChI is InChI=1S/C22H20F3N3O2/c1-2-8-28-12-15-10-18(6-7-19(15)21(28)29)30-13-16-11-26-27-20(16)14-4-3-5-17(9-14)22(23,24)25/h3-7,9-11H,2,8,12-13H2,1H3,(H,26,27). The summed E-state index contributed by atoms with van der Waals surface area (Å²) in [7, 11) is 0. The van der Waals surface area contributed by atoms with Gasteiger partial charge in [0.15, 0.2) is 0 Å². The Labute approximate surface area is 171 Å². The van der Waals surface area contributed by atoms with Crippen molar-refractivity contribution in [3.05, 3.63) is 70.9 Å². The van der Waals surface area contributed by atoms with Gasteiger partial charge >= 0.3 is 6.18 Å². The Morgan fingerprint density at radius 1 is 1.20 bits per heavy atom. The number of amides is 1. The molecule has 1 aliphatic heterocycles.